The van der Waals surface area contributed by atoms with Crippen molar-refractivity contribution in [3.05, 3.63) is 0 Å². The fourth-order valence-electron chi connectivity index (χ4n) is 0.418. The van der Waals surface area contributed by atoms with E-state index < -0.39 is 12.7 Å². The Balaban J connectivity index is 3.89. The Morgan fingerprint density at radius 1 is 1.00 bits per heavy atom. The molecule has 0 aliphatic heterocycles. The van der Waals surface area contributed by atoms with Gasteiger partial charge in [-0.3, -0.25) is 0 Å². The molecule has 0 saturated carbocycles. The van der Waals surface area contributed by atoms with Gasteiger partial charge in [0.1, 0.15) is 0 Å². The van der Waals surface area contributed by atoms with Gasteiger partial charge in [-0.15, -0.1) is 55.4 Å². The van der Waals surface area contributed by atoms with Crippen LogP contribution in [0.2, 0.25) is 11.7 Å². The van der Waals surface area contributed by atoms with Crippen molar-refractivity contribution in [2.24, 2.45) is 0 Å². The number of rotatable bonds is 3. The van der Waals surface area contributed by atoms with Gasteiger partial charge in [0, 0.05) is 5.67 Å². The predicted molar refractivity (Wildman–Crippen MR) is 56.1 cm³/mol. The summed E-state index contributed by atoms with van der Waals surface area (Å²) >= 11 is 28.7. The molecule has 0 fully saturated rings. The first-order valence-corrected chi connectivity index (χ1v) is 12.4. The maximum Gasteiger partial charge on any atom is 0.341 e. The molecule has 7 heteroatoms. The zero-order valence-electron chi connectivity index (χ0n) is 5.30. The highest BCUT2D eigenvalue weighted by molar-refractivity contribution is 7.69. The summed E-state index contributed by atoms with van der Waals surface area (Å²) in [5.41, 5.74) is 0.421. The van der Waals surface area contributed by atoms with E-state index in [4.69, 9.17) is 55.4 Å². The average Bonchev–Trinajstić information content (AvgIpc) is 1.60. The minimum atomic E-state index is -2.60. The molecule has 0 aliphatic carbocycles. The molecule has 0 unspecified atom stereocenters. The SMILES string of the molecule is CC[Si](Cl)(Cl)C[Si](Cl)(Cl)Cl. The maximum absolute atomic E-state index is 5.89. The highest BCUT2D eigenvalue weighted by Crippen LogP contribution is 2.36. The van der Waals surface area contributed by atoms with Gasteiger partial charge in [0.15, 0.2) is 0 Å². The smallest absolute Gasteiger partial charge is 0.146 e. The van der Waals surface area contributed by atoms with Crippen molar-refractivity contribution in [1.29, 1.82) is 0 Å². The van der Waals surface area contributed by atoms with Crippen LogP contribution in [0.4, 0.5) is 0 Å². The first-order valence-electron chi connectivity index (χ1n) is 2.71. The van der Waals surface area contributed by atoms with E-state index in [1.807, 2.05) is 6.92 Å². The third kappa shape index (κ3) is 6.59. The molecule has 0 aromatic heterocycles. The van der Waals surface area contributed by atoms with Crippen molar-refractivity contribution in [3.63, 3.8) is 0 Å². The Labute approximate surface area is 86.3 Å². The molecule has 0 radical (unpaired) electrons. The second kappa shape index (κ2) is 4.21. The van der Waals surface area contributed by atoms with E-state index in [1.165, 1.54) is 0 Å². The standard InChI is InChI=1S/C3H7Cl5Si2/c1-2-9(4,5)3-10(6,7)8/h2-3H2,1H3. The van der Waals surface area contributed by atoms with Gasteiger partial charge in [-0.2, -0.15) is 0 Å². The Morgan fingerprint density at radius 2 is 1.40 bits per heavy atom. The second-order valence-electron chi connectivity index (χ2n) is 2.00. The minimum absolute atomic E-state index is 0.421. The number of hydrogen-bond acceptors (Lipinski definition) is 0. The van der Waals surface area contributed by atoms with E-state index in [0.717, 1.165) is 6.04 Å². The van der Waals surface area contributed by atoms with Crippen LogP contribution in [-0.4, -0.2) is 12.7 Å². The fraction of sp³-hybridized carbons (Fsp3) is 1.00. The maximum atomic E-state index is 5.89. The molecule has 0 aliphatic rings. The molecule has 62 valence electrons. The third-order valence-electron chi connectivity index (χ3n) is 0.976. The normalized spacial score (nSPS) is 13.8. The minimum Gasteiger partial charge on any atom is -0.146 e. The molecule has 0 atom stereocenters. The van der Waals surface area contributed by atoms with Crippen LogP contribution in [0.5, 0.6) is 0 Å². The molecule has 0 N–H and O–H groups in total. The first-order chi connectivity index (χ1) is 4.27. The van der Waals surface area contributed by atoms with E-state index >= 15 is 0 Å². The lowest BCUT2D eigenvalue weighted by atomic mass is 11.0. The van der Waals surface area contributed by atoms with E-state index in [9.17, 15) is 0 Å². The van der Waals surface area contributed by atoms with Crippen LogP contribution in [-0.2, 0) is 0 Å². The molecule has 0 spiro atoms. The van der Waals surface area contributed by atoms with Crippen LogP contribution in [0, 0.1) is 0 Å². The van der Waals surface area contributed by atoms with Gasteiger partial charge in [0.2, 0.25) is 0 Å². The van der Waals surface area contributed by atoms with Crippen LogP contribution in [0.1, 0.15) is 6.92 Å². The first kappa shape index (κ1) is 11.9. The van der Waals surface area contributed by atoms with Crippen LogP contribution in [0.15, 0.2) is 0 Å². The van der Waals surface area contributed by atoms with Crippen molar-refractivity contribution in [3.8, 4) is 0 Å². The van der Waals surface area contributed by atoms with Crippen molar-refractivity contribution in [2.45, 2.75) is 18.6 Å². The lowest BCUT2D eigenvalue weighted by Gasteiger charge is -2.17. The quantitative estimate of drug-likeness (QED) is 0.537. The summed E-state index contributed by atoms with van der Waals surface area (Å²) in [6, 6.07) is -1.87. The lowest BCUT2D eigenvalue weighted by molar-refractivity contribution is 1.42. The van der Waals surface area contributed by atoms with E-state index in [0.29, 0.717) is 5.67 Å². The highest BCUT2D eigenvalue weighted by atomic mass is 35.8. The van der Waals surface area contributed by atoms with E-state index in [1.54, 1.807) is 0 Å². The summed E-state index contributed by atoms with van der Waals surface area (Å²) in [4.78, 5) is 0. The van der Waals surface area contributed by atoms with Gasteiger partial charge in [-0.1, -0.05) is 6.92 Å². The molecular formula is C3H7Cl5Si2. The summed E-state index contributed by atoms with van der Waals surface area (Å²) in [7, 11) is 0. The van der Waals surface area contributed by atoms with E-state index in [2.05, 4.69) is 0 Å². The molecule has 0 heterocycles. The largest absolute Gasteiger partial charge is 0.341 e. The molecule has 0 aromatic rings. The number of halogens is 5. The van der Waals surface area contributed by atoms with E-state index in [-0.39, 0.29) is 0 Å². The fourth-order valence-corrected chi connectivity index (χ4v) is 17.2. The Kier molecular flexibility index (Phi) is 5.01. The van der Waals surface area contributed by atoms with Gasteiger partial charge in [0.25, 0.3) is 6.69 Å². The summed E-state index contributed by atoms with van der Waals surface area (Å²) in [5, 5.41) is 0. The van der Waals surface area contributed by atoms with Gasteiger partial charge >= 0.3 is 6.00 Å². The zero-order chi connectivity index (χ0) is 8.41. The summed E-state index contributed by atoms with van der Waals surface area (Å²) in [6.07, 6.45) is 0. The molecule has 0 rings (SSSR count). The van der Waals surface area contributed by atoms with Gasteiger partial charge in [0.05, 0.1) is 0 Å². The Hall–Kier alpha value is 1.88. The Morgan fingerprint density at radius 3 is 1.50 bits per heavy atom. The molecule has 0 bridgehead atoms. The number of hydrogen-bond donors (Lipinski definition) is 0. The van der Waals surface area contributed by atoms with Crippen molar-refractivity contribution in [2.75, 3.05) is 0 Å². The van der Waals surface area contributed by atoms with Gasteiger partial charge in [-0.05, 0) is 6.04 Å². The summed E-state index contributed by atoms with van der Waals surface area (Å²) in [5.74, 6) is 0. The molecular weight excluding hydrogens is 269 g/mol. The second-order valence-corrected chi connectivity index (χ2v) is 19.5. The molecule has 0 nitrogen and oxygen atoms in total. The third-order valence-corrected chi connectivity index (χ3v) is 13.3. The molecule has 10 heavy (non-hydrogen) atoms. The lowest BCUT2D eigenvalue weighted by Crippen LogP contribution is -2.27. The van der Waals surface area contributed by atoms with Crippen LogP contribution in [0.25, 0.3) is 0 Å². The average molecular weight is 277 g/mol. The van der Waals surface area contributed by atoms with Crippen LogP contribution in [0.3, 0.4) is 0 Å². The van der Waals surface area contributed by atoms with Crippen molar-refractivity contribution < 1.29 is 0 Å². The van der Waals surface area contributed by atoms with Crippen molar-refractivity contribution in [1.82, 2.24) is 0 Å². The Bertz CT molecular complexity index is 108. The topological polar surface area (TPSA) is 0 Å². The molecule has 0 saturated heterocycles. The van der Waals surface area contributed by atoms with Crippen molar-refractivity contribution >= 4 is 68.1 Å². The predicted octanol–water partition coefficient (Wildman–Crippen LogP) is 4.12. The molecule has 0 aromatic carbocycles. The highest BCUT2D eigenvalue weighted by Gasteiger charge is 2.39. The van der Waals surface area contributed by atoms with Crippen LogP contribution >= 0.6 is 55.4 Å². The monoisotopic (exact) mass is 274 g/mol. The zero-order valence-corrected chi connectivity index (χ0v) is 11.1. The van der Waals surface area contributed by atoms with Gasteiger partial charge in [-0.25, -0.2) is 0 Å². The summed E-state index contributed by atoms with van der Waals surface area (Å²) in [6.45, 7) is -0.289. The van der Waals surface area contributed by atoms with Gasteiger partial charge < -0.3 is 0 Å². The van der Waals surface area contributed by atoms with Crippen LogP contribution < -0.4 is 0 Å². The summed E-state index contributed by atoms with van der Waals surface area (Å²) < 4.78 is 0. The molecule has 0 amide bonds.